The molecule has 1 N–H and O–H groups in total. The number of nitrogens with zero attached hydrogens (tertiary/aromatic N) is 1. The number of rotatable bonds is 6. The average molecular weight is 348 g/mol. The molecule has 0 saturated carbocycles. The lowest BCUT2D eigenvalue weighted by molar-refractivity contribution is -0.121. The molecule has 0 fully saturated rings. The van der Waals surface area contributed by atoms with Crippen LogP contribution in [0.25, 0.3) is 11.3 Å². The molecule has 26 heavy (non-hydrogen) atoms. The second-order valence-electron chi connectivity index (χ2n) is 5.83. The molecule has 1 heterocycles. The van der Waals surface area contributed by atoms with Gasteiger partial charge in [-0.25, -0.2) is 4.39 Å². The van der Waals surface area contributed by atoms with Crippen LogP contribution >= 0.6 is 0 Å². The van der Waals surface area contributed by atoms with Crippen molar-refractivity contribution in [1.29, 1.82) is 5.26 Å². The van der Waals surface area contributed by atoms with Gasteiger partial charge in [-0.3, -0.25) is 4.79 Å². The number of furan rings is 1. The van der Waals surface area contributed by atoms with E-state index in [-0.39, 0.29) is 18.1 Å². The normalized spacial score (nSPS) is 10.3. The molecular weight excluding hydrogens is 331 g/mol. The molecule has 0 aliphatic heterocycles. The minimum atomic E-state index is -0.342. The molecular formula is C21H17FN2O2. The van der Waals surface area contributed by atoms with Gasteiger partial charge in [0.15, 0.2) is 0 Å². The van der Waals surface area contributed by atoms with E-state index in [4.69, 9.17) is 9.68 Å². The SMILES string of the molecule is N#Cc1cccc(CNC(=O)CCc2ccc(-c3ccccc3F)o2)c1. The van der Waals surface area contributed by atoms with Gasteiger partial charge in [-0.15, -0.1) is 0 Å². The van der Waals surface area contributed by atoms with E-state index in [0.29, 0.717) is 35.6 Å². The first kappa shape index (κ1) is 17.4. The number of benzene rings is 2. The standard InChI is InChI=1S/C21H17FN2O2/c22-19-7-2-1-6-18(19)20-10-8-17(26-20)9-11-21(25)24-14-16-5-3-4-15(12-16)13-23/h1-8,10,12H,9,11,14H2,(H,24,25). The minimum absolute atomic E-state index is 0.115. The molecule has 0 atom stereocenters. The largest absolute Gasteiger partial charge is 0.461 e. The van der Waals surface area contributed by atoms with Gasteiger partial charge < -0.3 is 9.73 Å². The fourth-order valence-electron chi connectivity index (χ4n) is 2.59. The maximum atomic E-state index is 13.8. The van der Waals surface area contributed by atoms with Crippen molar-refractivity contribution < 1.29 is 13.6 Å². The fourth-order valence-corrected chi connectivity index (χ4v) is 2.59. The molecule has 130 valence electrons. The molecule has 0 saturated heterocycles. The maximum Gasteiger partial charge on any atom is 0.220 e. The number of halogens is 1. The van der Waals surface area contributed by atoms with Gasteiger partial charge in [-0.2, -0.15) is 5.26 Å². The Balaban J connectivity index is 1.52. The molecule has 0 unspecified atom stereocenters. The molecule has 5 heteroatoms. The molecule has 3 aromatic rings. The lowest BCUT2D eigenvalue weighted by atomic mass is 10.1. The van der Waals surface area contributed by atoms with Crippen molar-refractivity contribution in [2.45, 2.75) is 19.4 Å². The first-order valence-electron chi connectivity index (χ1n) is 8.25. The van der Waals surface area contributed by atoms with Crippen LogP contribution in [0, 0.1) is 17.1 Å². The van der Waals surface area contributed by atoms with Crippen LogP contribution in [0.4, 0.5) is 4.39 Å². The van der Waals surface area contributed by atoms with Gasteiger partial charge in [0.1, 0.15) is 17.3 Å². The summed E-state index contributed by atoms with van der Waals surface area (Å²) in [6.45, 7) is 0.368. The Labute approximate surface area is 150 Å². The number of aryl methyl sites for hydroxylation is 1. The summed E-state index contributed by atoms with van der Waals surface area (Å²) in [5.74, 6) is 0.624. The van der Waals surface area contributed by atoms with Crippen molar-refractivity contribution in [3.63, 3.8) is 0 Å². The van der Waals surface area contributed by atoms with Gasteiger partial charge in [-0.05, 0) is 42.0 Å². The van der Waals surface area contributed by atoms with Gasteiger partial charge in [-0.1, -0.05) is 24.3 Å². The van der Waals surface area contributed by atoms with Gasteiger partial charge in [0.05, 0.1) is 17.2 Å². The summed E-state index contributed by atoms with van der Waals surface area (Å²) in [6, 6.07) is 19.0. The monoisotopic (exact) mass is 348 g/mol. The van der Waals surface area contributed by atoms with Crippen molar-refractivity contribution in [2.75, 3.05) is 0 Å². The number of nitriles is 1. The van der Waals surface area contributed by atoms with Crippen LogP contribution < -0.4 is 5.32 Å². The summed E-state index contributed by atoms with van der Waals surface area (Å²) >= 11 is 0. The molecule has 1 amide bonds. The van der Waals surface area contributed by atoms with E-state index in [1.165, 1.54) is 6.07 Å². The number of hydrogen-bond acceptors (Lipinski definition) is 3. The van der Waals surface area contributed by atoms with Gasteiger partial charge in [0, 0.05) is 19.4 Å². The summed E-state index contributed by atoms with van der Waals surface area (Å²) in [7, 11) is 0. The van der Waals surface area contributed by atoms with E-state index >= 15 is 0 Å². The molecule has 3 rings (SSSR count). The molecule has 1 aromatic heterocycles. The first-order valence-corrected chi connectivity index (χ1v) is 8.25. The van der Waals surface area contributed by atoms with E-state index in [9.17, 15) is 9.18 Å². The zero-order valence-electron chi connectivity index (χ0n) is 14.0. The fraction of sp³-hybridized carbons (Fsp3) is 0.143. The molecule has 0 aliphatic rings. The number of hydrogen-bond donors (Lipinski definition) is 1. The van der Waals surface area contributed by atoms with Gasteiger partial charge in [0.2, 0.25) is 5.91 Å². The van der Waals surface area contributed by atoms with Crippen molar-refractivity contribution >= 4 is 5.91 Å². The van der Waals surface area contributed by atoms with Crippen LogP contribution in [0.1, 0.15) is 23.3 Å². The highest BCUT2D eigenvalue weighted by atomic mass is 19.1. The highest BCUT2D eigenvalue weighted by Gasteiger charge is 2.10. The maximum absolute atomic E-state index is 13.8. The Bertz CT molecular complexity index is 956. The van der Waals surface area contributed by atoms with E-state index in [1.807, 2.05) is 6.07 Å². The molecule has 0 spiro atoms. The predicted octanol–water partition coefficient (Wildman–Crippen LogP) is 4.21. The van der Waals surface area contributed by atoms with Gasteiger partial charge >= 0.3 is 0 Å². The second-order valence-corrected chi connectivity index (χ2v) is 5.83. The summed E-state index contributed by atoms with van der Waals surface area (Å²) < 4.78 is 19.4. The average Bonchev–Trinajstić information content (AvgIpc) is 3.14. The second kappa shape index (κ2) is 8.13. The van der Waals surface area contributed by atoms with E-state index in [0.717, 1.165) is 5.56 Å². The Kier molecular flexibility index (Phi) is 5.45. The Morgan fingerprint density at radius 2 is 1.96 bits per heavy atom. The number of nitrogens with one attached hydrogen (secondary N) is 1. The number of amides is 1. The van der Waals surface area contributed by atoms with Gasteiger partial charge in [0.25, 0.3) is 0 Å². The summed E-state index contributed by atoms with van der Waals surface area (Å²) in [4.78, 5) is 12.0. The van der Waals surface area contributed by atoms with Crippen LogP contribution in [-0.4, -0.2) is 5.91 Å². The zero-order valence-corrected chi connectivity index (χ0v) is 14.0. The Morgan fingerprint density at radius 3 is 2.77 bits per heavy atom. The van der Waals surface area contributed by atoms with Crippen LogP contribution in [-0.2, 0) is 17.8 Å². The molecule has 0 aliphatic carbocycles. The summed E-state index contributed by atoms with van der Waals surface area (Å²) in [5, 5.41) is 11.7. The van der Waals surface area contributed by atoms with Crippen LogP contribution in [0.2, 0.25) is 0 Å². The lowest BCUT2D eigenvalue weighted by Gasteiger charge is -2.05. The first-order chi connectivity index (χ1) is 12.7. The van der Waals surface area contributed by atoms with E-state index in [1.54, 1.807) is 48.5 Å². The number of carbonyl (C=O) groups excluding carboxylic acids is 1. The molecule has 0 radical (unpaired) electrons. The predicted molar refractivity (Wildman–Crippen MR) is 95.4 cm³/mol. The molecule has 4 nitrogen and oxygen atoms in total. The highest BCUT2D eigenvalue weighted by Crippen LogP contribution is 2.25. The minimum Gasteiger partial charge on any atom is -0.461 e. The van der Waals surface area contributed by atoms with Crippen LogP contribution in [0.3, 0.4) is 0 Å². The number of carbonyl (C=O) groups is 1. The molecule has 2 aromatic carbocycles. The third-order valence-electron chi connectivity index (χ3n) is 3.95. The third kappa shape index (κ3) is 4.37. The van der Waals surface area contributed by atoms with Crippen LogP contribution in [0.15, 0.2) is 65.1 Å². The smallest absolute Gasteiger partial charge is 0.220 e. The Hall–Kier alpha value is -3.39. The van der Waals surface area contributed by atoms with E-state index in [2.05, 4.69) is 11.4 Å². The van der Waals surface area contributed by atoms with E-state index < -0.39 is 0 Å². The van der Waals surface area contributed by atoms with Crippen LogP contribution in [0.5, 0.6) is 0 Å². The third-order valence-corrected chi connectivity index (χ3v) is 3.95. The van der Waals surface area contributed by atoms with Crippen molar-refractivity contribution in [1.82, 2.24) is 5.32 Å². The highest BCUT2D eigenvalue weighted by molar-refractivity contribution is 5.76. The van der Waals surface area contributed by atoms with Crippen molar-refractivity contribution in [3.8, 4) is 17.4 Å². The summed E-state index contributed by atoms with van der Waals surface area (Å²) in [5.41, 5.74) is 1.84. The van der Waals surface area contributed by atoms with Crippen molar-refractivity contribution in [2.24, 2.45) is 0 Å². The zero-order chi connectivity index (χ0) is 18.4. The topological polar surface area (TPSA) is 66.0 Å². The Morgan fingerprint density at radius 1 is 1.12 bits per heavy atom. The molecule has 0 bridgehead atoms. The lowest BCUT2D eigenvalue weighted by Crippen LogP contribution is -2.22. The van der Waals surface area contributed by atoms with Crippen molar-refractivity contribution in [3.05, 3.63) is 83.4 Å². The summed E-state index contributed by atoms with van der Waals surface area (Å²) in [6.07, 6.45) is 0.695. The quantitative estimate of drug-likeness (QED) is 0.726.